The number of allylic oxidation sites excluding steroid dienone is 1. The summed E-state index contributed by atoms with van der Waals surface area (Å²) in [6.45, 7) is 10.9. The van der Waals surface area contributed by atoms with Gasteiger partial charge in [-0.1, -0.05) is 26.8 Å². The van der Waals surface area contributed by atoms with Gasteiger partial charge in [0.1, 0.15) is 17.7 Å². The second-order valence-corrected chi connectivity index (χ2v) is 4.40. The van der Waals surface area contributed by atoms with Crippen molar-refractivity contribution >= 4 is 11.9 Å². The van der Waals surface area contributed by atoms with E-state index in [1.165, 1.54) is 25.1 Å². The monoisotopic (exact) mass is 297 g/mol. The van der Waals surface area contributed by atoms with Crippen LogP contribution in [0.1, 0.15) is 41.6 Å². The molecule has 0 aromatic heterocycles. The van der Waals surface area contributed by atoms with Gasteiger partial charge in [0.2, 0.25) is 0 Å². The Morgan fingerprint density at radius 1 is 1.43 bits per heavy atom. The third-order valence-corrected chi connectivity index (χ3v) is 2.42. The minimum atomic E-state index is -0.378. The summed E-state index contributed by atoms with van der Waals surface area (Å²) in [6, 6.07) is 4.42. The van der Waals surface area contributed by atoms with Gasteiger partial charge in [0.15, 0.2) is 5.78 Å². The summed E-state index contributed by atoms with van der Waals surface area (Å²) in [5, 5.41) is 3.16. The Balaban J connectivity index is 0. The molecule has 0 saturated heterocycles. The van der Waals surface area contributed by atoms with Crippen molar-refractivity contribution in [2.24, 2.45) is 0 Å². The summed E-state index contributed by atoms with van der Waals surface area (Å²) >= 11 is 0. The first-order valence-electron chi connectivity index (χ1n) is 7.38. The molecule has 0 heterocycles. The number of nitrogens with one attached hydrogen (secondary N) is 1. The number of hydrogen-bond acceptors (Lipinski definition) is 3. The van der Waals surface area contributed by atoms with E-state index in [1.54, 1.807) is 12.1 Å². The Bertz CT molecular complexity index is 464. The van der Waals surface area contributed by atoms with Gasteiger partial charge in [0, 0.05) is 14.0 Å². The van der Waals surface area contributed by atoms with Gasteiger partial charge in [-0.3, -0.25) is 4.79 Å². The summed E-state index contributed by atoms with van der Waals surface area (Å²) in [5.41, 5.74) is 0.612. The SMILES string of the molecule is CC.CCNC[C@@H](C)Oc1cc(F)cc(/C=C/C(C)=O)c1.[HH]. The molecule has 1 N–H and O–H groups in total. The highest BCUT2D eigenvalue weighted by molar-refractivity contribution is 5.91. The number of benzene rings is 1. The summed E-state index contributed by atoms with van der Waals surface area (Å²) < 4.78 is 19.1. The lowest BCUT2D eigenvalue weighted by atomic mass is 10.2. The van der Waals surface area contributed by atoms with Crippen LogP contribution in [-0.4, -0.2) is 25.0 Å². The average Bonchev–Trinajstić information content (AvgIpc) is 2.44. The van der Waals surface area contributed by atoms with Crippen LogP contribution in [0.15, 0.2) is 24.3 Å². The Morgan fingerprint density at radius 3 is 2.67 bits per heavy atom. The van der Waals surface area contributed by atoms with Crippen LogP contribution in [0.4, 0.5) is 4.39 Å². The molecule has 0 aliphatic heterocycles. The number of ether oxygens (including phenoxy) is 1. The van der Waals surface area contributed by atoms with Gasteiger partial charge >= 0.3 is 0 Å². The van der Waals surface area contributed by atoms with Crippen LogP contribution in [0.3, 0.4) is 0 Å². The van der Waals surface area contributed by atoms with Crippen molar-refractivity contribution in [2.45, 2.75) is 40.7 Å². The molecule has 0 aliphatic rings. The predicted molar refractivity (Wildman–Crippen MR) is 88.2 cm³/mol. The number of carbonyl (C=O) groups excluding carboxylic acids is 1. The Labute approximate surface area is 128 Å². The molecule has 0 aliphatic carbocycles. The van der Waals surface area contributed by atoms with Crippen LogP contribution in [0.25, 0.3) is 6.08 Å². The van der Waals surface area contributed by atoms with Crippen molar-refractivity contribution in [2.75, 3.05) is 13.1 Å². The lowest BCUT2D eigenvalue weighted by Gasteiger charge is -2.15. The van der Waals surface area contributed by atoms with Crippen LogP contribution >= 0.6 is 0 Å². The Kier molecular flexibility index (Phi) is 10.1. The minimum Gasteiger partial charge on any atom is -0.489 e. The molecule has 3 nitrogen and oxygen atoms in total. The van der Waals surface area contributed by atoms with Gasteiger partial charge in [-0.25, -0.2) is 4.39 Å². The molecule has 1 aromatic rings. The number of carbonyl (C=O) groups is 1. The van der Waals surface area contributed by atoms with Crippen LogP contribution in [0, 0.1) is 5.82 Å². The third-order valence-electron chi connectivity index (χ3n) is 2.42. The Morgan fingerprint density at radius 2 is 2.10 bits per heavy atom. The van der Waals surface area contributed by atoms with Crippen molar-refractivity contribution < 1.29 is 15.3 Å². The number of hydrogen-bond donors (Lipinski definition) is 1. The van der Waals surface area contributed by atoms with Gasteiger partial charge in [-0.05, 0) is 44.2 Å². The van der Waals surface area contributed by atoms with Crippen LogP contribution in [-0.2, 0) is 4.79 Å². The maximum Gasteiger partial charge on any atom is 0.152 e. The van der Waals surface area contributed by atoms with Crippen LogP contribution in [0.5, 0.6) is 5.75 Å². The van der Waals surface area contributed by atoms with Gasteiger partial charge in [0.25, 0.3) is 0 Å². The molecule has 0 saturated carbocycles. The molecule has 0 fully saturated rings. The molecular weight excluding hydrogens is 269 g/mol. The second kappa shape index (κ2) is 11.0. The molecule has 1 rings (SSSR count). The number of halogens is 1. The molecule has 21 heavy (non-hydrogen) atoms. The van der Waals surface area contributed by atoms with Gasteiger partial charge in [0.05, 0.1) is 0 Å². The first-order valence-corrected chi connectivity index (χ1v) is 7.38. The Hall–Kier alpha value is -1.68. The van der Waals surface area contributed by atoms with E-state index in [2.05, 4.69) is 5.32 Å². The maximum atomic E-state index is 13.4. The van der Waals surface area contributed by atoms with Crippen LogP contribution in [0.2, 0.25) is 0 Å². The van der Waals surface area contributed by atoms with E-state index in [-0.39, 0.29) is 19.1 Å². The molecule has 1 aromatic carbocycles. The highest BCUT2D eigenvalue weighted by Crippen LogP contribution is 2.18. The number of likely N-dealkylation sites (N-methyl/N-ethyl adjacent to an activating group) is 1. The van der Waals surface area contributed by atoms with E-state index >= 15 is 0 Å². The molecule has 0 unspecified atom stereocenters. The van der Waals surface area contributed by atoms with E-state index in [0.717, 1.165) is 6.54 Å². The van der Waals surface area contributed by atoms with Gasteiger partial charge < -0.3 is 10.1 Å². The normalized spacial score (nSPS) is 11.7. The zero-order valence-electron chi connectivity index (χ0n) is 13.6. The van der Waals surface area contributed by atoms with E-state index in [9.17, 15) is 9.18 Å². The van der Waals surface area contributed by atoms with Crippen molar-refractivity contribution in [3.63, 3.8) is 0 Å². The zero-order valence-corrected chi connectivity index (χ0v) is 13.6. The third kappa shape index (κ3) is 8.97. The number of ketones is 1. The molecule has 1 atom stereocenters. The minimum absolute atomic E-state index is 0. The maximum absolute atomic E-state index is 13.4. The van der Waals surface area contributed by atoms with E-state index in [4.69, 9.17) is 4.74 Å². The lowest BCUT2D eigenvalue weighted by Crippen LogP contribution is -2.28. The van der Waals surface area contributed by atoms with Crippen molar-refractivity contribution in [3.05, 3.63) is 35.7 Å². The molecule has 0 radical (unpaired) electrons. The van der Waals surface area contributed by atoms with E-state index < -0.39 is 0 Å². The average molecular weight is 297 g/mol. The molecule has 0 bridgehead atoms. The zero-order chi connectivity index (χ0) is 16.3. The summed E-state index contributed by atoms with van der Waals surface area (Å²) in [5.74, 6) is 0.0113. The molecule has 120 valence electrons. The van der Waals surface area contributed by atoms with Crippen molar-refractivity contribution in [1.82, 2.24) is 5.32 Å². The second-order valence-electron chi connectivity index (χ2n) is 4.40. The molecule has 0 amide bonds. The van der Waals surface area contributed by atoms with Crippen molar-refractivity contribution in [1.29, 1.82) is 0 Å². The van der Waals surface area contributed by atoms with Crippen LogP contribution < -0.4 is 10.1 Å². The standard InChI is InChI=1S/C15H20FNO2.C2H6.H2/c1-4-17-10-12(3)19-15-8-13(6-5-11(2)18)7-14(16)9-15;1-2;/h5-9,12,17H,4,10H2,1-3H3;1-2H3;1H/b6-5+;;/t12-;;/m1../s1. The first-order chi connectivity index (χ1) is 10.0. The fourth-order valence-corrected chi connectivity index (χ4v) is 1.58. The highest BCUT2D eigenvalue weighted by atomic mass is 19.1. The van der Waals surface area contributed by atoms with E-state index in [1.807, 2.05) is 27.7 Å². The largest absolute Gasteiger partial charge is 0.489 e. The smallest absolute Gasteiger partial charge is 0.152 e. The quantitative estimate of drug-likeness (QED) is 0.771. The summed E-state index contributed by atoms with van der Waals surface area (Å²) in [6.07, 6.45) is 2.93. The van der Waals surface area contributed by atoms with Gasteiger partial charge in [-0.2, -0.15) is 0 Å². The fourth-order valence-electron chi connectivity index (χ4n) is 1.58. The number of rotatable bonds is 7. The summed E-state index contributed by atoms with van der Waals surface area (Å²) in [4.78, 5) is 10.9. The lowest BCUT2D eigenvalue weighted by molar-refractivity contribution is -0.112. The molecule has 4 heteroatoms. The van der Waals surface area contributed by atoms with Crippen molar-refractivity contribution in [3.8, 4) is 5.75 Å². The highest BCUT2D eigenvalue weighted by Gasteiger charge is 2.05. The molecule has 0 spiro atoms. The fraction of sp³-hybridized carbons (Fsp3) is 0.471. The van der Waals surface area contributed by atoms with Gasteiger partial charge in [-0.15, -0.1) is 0 Å². The predicted octanol–water partition coefficient (Wildman–Crippen LogP) is 4.08. The topological polar surface area (TPSA) is 38.3 Å². The summed E-state index contributed by atoms with van der Waals surface area (Å²) in [7, 11) is 0. The molecular formula is C17H28FNO2. The van der Waals surface area contributed by atoms with E-state index in [0.29, 0.717) is 17.9 Å². The first kappa shape index (κ1) is 19.3.